The number of aromatic nitrogens is 1. The molecule has 1 N–H and O–H groups in total. The minimum absolute atomic E-state index is 0. The SMILES string of the molecule is CN(C)S(=O)(=O)c1ccccc1CN1CCN(c2ncccc2C(=O)O)CC1.Cl. The van der Waals surface area contributed by atoms with Crippen molar-refractivity contribution in [1.82, 2.24) is 14.2 Å². The summed E-state index contributed by atoms with van der Waals surface area (Å²) in [5, 5.41) is 9.36. The van der Waals surface area contributed by atoms with Crippen LogP contribution in [0.4, 0.5) is 5.82 Å². The lowest BCUT2D eigenvalue weighted by molar-refractivity contribution is 0.0697. The Morgan fingerprint density at radius 1 is 1.10 bits per heavy atom. The van der Waals surface area contributed by atoms with Gasteiger partial charge in [-0.2, -0.15) is 0 Å². The van der Waals surface area contributed by atoms with E-state index in [1.54, 1.807) is 30.5 Å². The summed E-state index contributed by atoms with van der Waals surface area (Å²) in [7, 11) is -0.455. The van der Waals surface area contributed by atoms with Crippen LogP contribution < -0.4 is 4.90 Å². The van der Waals surface area contributed by atoms with Gasteiger partial charge in [0, 0.05) is 53.0 Å². The molecule has 0 atom stereocenters. The molecule has 158 valence electrons. The van der Waals surface area contributed by atoms with Gasteiger partial charge >= 0.3 is 5.97 Å². The van der Waals surface area contributed by atoms with Gasteiger partial charge in [-0.15, -0.1) is 12.4 Å². The predicted octanol–water partition coefficient (Wildman–Crippen LogP) is 1.77. The zero-order valence-electron chi connectivity index (χ0n) is 16.4. The Bertz CT molecular complexity index is 960. The second-order valence-electron chi connectivity index (χ2n) is 6.84. The van der Waals surface area contributed by atoms with Crippen molar-refractivity contribution in [2.24, 2.45) is 0 Å². The van der Waals surface area contributed by atoms with Crippen LogP contribution in [0.3, 0.4) is 0 Å². The number of carboxylic acid groups (broad SMARTS) is 1. The summed E-state index contributed by atoms with van der Waals surface area (Å²) in [6.07, 6.45) is 1.59. The molecular weight excluding hydrogens is 416 g/mol. The van der Waals surface area contributed by atoms with Crippen molar-refractivity contribution in [3.63, 3.8) is 0 Å². The lowest BCUT2D eigenvalue weighted by Gasteiger charge is -2.36. The second kappa shape index (κ2) is 9.53. The fourth-order valence-corrected chi connectivity index (χ4v) is 4.37. The van der Waals surface area contributed by atoms with Gasteiger partial charge in [0.2, 0.25) is 10.0 Å². The number of benzene rings is 1. The van der Waals surface area contributed by atoms with Crippen LogP contribution in [-0.2, 0) is 16.6 Å². The maximum Gasteiger partial charge on any atom is 0.339 e. The quantitative estimate of drug-likeness (QED) is 0.731. The van der Waals surface area contributed by atoms with Gasteiger partial charge in [-0.1, -0.05) is 18.2 Å². The molecule has 1 aliphatic rings. The Morgan fingerprint density at radius 3 is 2.38 bits per heavy atom. The first kappa shape index (κ1) is 23.1. The molecule has 0 amide bonds. The first-order chi connectivity index (χ1) is 13.3. The predicted molar refractivity (Wildman–Crippen MR) is 113 cm³/mol. The van der Waals surface area contributed by atoms with Crippen molar-refractivity contribution < 1.29 is 18.3 Å². The summed E-state index contributed by atoms with van der Waals surface area (Å²) in [5.41, 5.74) is 0.951. The van der Waals surface area contributed by atoms with Crippen molar-refractivity contribution >= 4 is 34.2 Å². The Balaban J connectivity index is 0.00000300. The normalized spacial score (nSPS) is 15.2. The zero-order valence-corrected chi connectivity index (χ0v) is 18.0. The average molecular weight is 441 g/mol. The maximum atomic E-state index is 12.6. The van der Waals surface area contributed by atoms with Gasteiger partial charge in [-0.25, -0.2) is 22.5 Å². The lowest BCUT2D eigenvalue weighted by Crippen LogP contribution is -2.46. The molecule has 1 aromatic heterocycles. The molecule has 1 aromatic carbocycles. The molecule has 3 rings (SSSR count). The number of hydrogen-bond donors (Lipinski definition) is 1. The number of carbonyl (C=O) groups is 1. The van der Waals surface area contributed by atoms with Gasteiger partial charge < -0.3 is 10.0 Å². The summed E-state index contributed by atoms with van der Waals surface area (Å²) in [4.78, 5) is 20.1. The van der Waals surface area contributed by atoms with Crippen molar-refractivity contribution in [2.45, 2.75) is 11.4 Å². The van der Waals surface area contributed by atoms with E-state index in [0.29, 0.717) is 43.4 Å². The highest BCUT2D eigenvalue weighted by Crippen LogP contribution is 2.23. The third-order valence-corrected chi connectivity index (χ3v) is 6.73. The third-order valence-electron chi connectivity index (χ3n) is 4.81. The smallest absolute Gasteiger partial charge is 0.339 e. The molecule has 0 bridgehead atoms. The number of carboxylic acids is 1. The van der Waals surface area contributed by atoms with E-state index < -0.39 is 16.0 Å². The molecule has 2 heterocycles. The van der Waals surface area contributed by atoms with E-state index in [1.165, 1.54) is 18.4 Å². The standard InChI is InChI=1S/C19H24N4O4S.ClH/c1-21(2)28(26,27)17-8-4-3-6-15(17)14-22-10-12-23(13-11-22)18-16(19(24)25)7-5-9-20-18;/h3-9H,10-14H2,1-2H3,(H,24,25);1H. The van der Waals surface area contributed by atoms with Crippen LogP contribution in [0.5, 0.6) is 0 Å². The summed E-state index contributed by atoms with van der Waals surface area (Å²) >= 11 is 0. The second-order valence-corrected chi connectivity index (χ2v) is 8.96. The monoisotopic (exact) mass is 440 g/mol. The molecule has 1 saturated heterocycles. The molecule has 0 unspecified atom stereocenters. The molecule has 2 aromatic rings. The summed E-state index contributed by atoms with van der Waals surface area (Å²) in [6.45, 7) is 3.14. The average Bonchev–Trinajstić information content (AvgIpc) is 2.69. The number of halogens is 1. The number of hydrogen-bond acceptors (Lipinski definition) is 6. The zero-order chi connectivity index (χ0) is 20.3. The highest BCUT2D eigenvalue weighted by atomic mass is 35.5. The Morgan fingerprint density at radius 2 is 1.76 bits per heavy atom. The number of aromatic carboxylic acids is 1. The van der Waals surface area contributed by atoms with Crippen molar-refractivity contribution in [3.8, 4) is 0 Å². The minimum Gasteiger partial charge on any atom is -0.478 e. The summed E-state index contributed by atoms with van der Waals surface area (Å²) < 4.78 is 26.4. The molecular formula is C19H25ClN4O4S. The first-order valence-corrected chi connectivity index (χ1v) is 10.4. The van der Waals surface area contributed by atoms with E-state index in [1.807, 2.05) is 17.0 Å². The Kier molecular flexibility index (Phi) is 7.59. The molecule has 0 radical (unpaired) electrons. The van der Waals surface area contributed by atoms with Gasteiger partial charge in [0.05, 0.1) is 4.90 Å². The van der Waals surface area contributed by atoms with Gasteiger partial charge in [0.15, 0.2) is 0 Å². The largest absolute Gasteiger partial charge is 0.478 e. The van der Waals surface area contributed by atoms with Gasteiger partial charge in [-0.05, 0) is 23.8 Å². The summed E-state index contributed by atoms with van der Waals surface area (Å²) in [6, 6.07) is 10.2. The fourth-order valence-electron chi connectivity index (χ4n) is 3.26. The van der Waals surface area contributed by atoms with Crippen LogP contribution in [0.15, 0.2) is 47.5 Å². The highest BCUT2D eigenvalue weighted by Gasteiger charge is 2.25. The number of sulfonamides is 1. The molecule has 0 spiro atoms. The van der Waals surface area contributed by atoms with E-state index in [2.05, 4.69) is 9.88 Å². The van der Waals surface area contributed by atoms with E-state index in [4.69, 9.17) is 0 Å². The summed E-state index contributed by atoms with van der Waals surface area (Å²) in [5.74, 6) is -0.515. The molecule has 1 aliphatic heterocycles. The van der Waals surface area contributed by atoms with E-state index in [9.17, 15) is 18.3 Å². The van der Waals surface area contributed by atoms with Crippen LogP contribution in [0.2, 0.25) is 0 Å². The highest BCUT2D eigenvalue weighted by molar-refractivity contribution is 7.89. The van der Waals surface area contributed by atoms with E-state index >= 15 is 0 Å². The Hall–Kier alpha value is -2.20. The van der Waals surface area contributed by atoms with Crippen molar-refractivity contribution in [3.05, 3.63) is 53.7 Å². The minimum atomic E-state index is -3.51. The fraction of sp³-hybridized carbons (Fsp3) is 0.368. The van der Waals surface area contributed by atoms with Gasteiger partial charge in [-0.3, -0.25) is 4.90 Å². The number of rotatable bonds is 6. The van der Waals surface area contributed by atoms with Crippen molar-refractivity contribution in [2.75, 3.05) is 45.2 Å². The number of anilines is 1. The van der Waals surface area contributed by atoms with Crippen LogP contribution in [0, 0.1) is 0 Å². The topological polar surface area (TPSA) is 94.1 Å². The van der Waals surface area contributed by atoms with Crippen molar-refractivity contribution in [1.29, 1.82) is 0 Å². The van der Waals surface area contributed by atoms with Crippen LogP contribution >= 0.6 is 12.4 Å². The molecule has 10 heteroatoms. The van der Waals surface area contributed by atoms with E-state index in [-0.39, 0.29) is 18.0 Å². The molecule has 8 nitrogen and oxygen atoms in total. The van der Waals surface area contributed by atoms with Gasteiger partial charge in [0.25, 0.3) is 0 Å². The van der Waals surface area contributed by atoms with E-state index in [0.717, 1.165) is 5.56 Å². The Labute approximate surface area is 177 Å². The lowest BCUT2D eigenvalue weighted by atomic mass is 10.2. The third kappa shape index (κ3) is 5.05. The number of piperazine rings is 1. The molecule has 0 saturated carbocycles. The van der Waals surface area contributed by atoms with Crippen LogP contribution in [0.25, 0.3) is 0 Å². The molecule has 1 fully saturated rings. The van der Waals surface area contributed by atoms with Crippen LogP contribution in [0.1, 0.15) is 15.9 Å². The molecule has 29 heavy (non-hydrogen) atoms. The number of pyridine rings is 1. The van der Waals surface area contributed by atoms with Crippen LogP contribution in [-0.4, -0.2) is 74.0 Å². The molecule has 0 aliphatic carbocycles. The van der Waals surface area contributed by atoms with Gasteiger partial charge in [0.1, 0.15) is 11.4 Å². The first-order valence-electron chi connectivity index (χ1n) is 8.96. The number of nitrogens with zero attached hydrogens (tertiary/aromatic N) is 4. The maximum absolute atomic E-state index is 12.6.